The van der Waals surface area contributed by atoms with Gasteiger partial charge < -0.3 is 21.1 Å². The quantitative estimate of drug-likeness (QED) is 0.519. The molecule has 1 aromatic carbocycles. The minimum absolute atomic E-state index is 0.0948. The van der Waals surface area contributed by atoms with Gasteiger partial charge in [0.25, 0.3) is 5.91 Å². The predicted octanol–water partition coefficient (Wildman–Crippen LogP) is 2.93. The fourth-order valence-electron chi connectivity index (χ4n) is 3.86. The van der Waals surface area contributed by atoms with Gasteiger partial charge in [0.05, 0.1) is 28.9 Å². The van der Waals surface area contributed by atoms with Crippen LogP contribution in [0.4, 0.5) is 15.9 Å². The molecule has 0 spiro atoms. The van der Waals surface area contributed by atoms with Crippen molar-refractivity contribution in [2.45, 2.75) is 30.8 Å². The number of nitrogens with zero attached hydrogens (tertiary/aromatic N) is 3. The average molecular weight is 419 g/mol. The van der Waals surface area contributed by atoms with Gasteiger partial charge >= 0.3 is 0 Å². The summed E-state index contributed by atoms with van der Waals surface area (Å²) in [4.78, 5) is 19.9. The number of rotatable bonds is 4. The van der Waals surface area contributed by atoms with Crippen LogP contribution in [0.2, 0.25) is 5.02 Å². The molecule has 29 heavy (non-hydrogen) atoms. The Morgan fingerprint density at radius 1 is 1.52 bits per heavy atom. The zero-order chi connectivity index (χ0) is 20.8. The van der Waals surface area contributed by atoms with Crippen molar-refractivity contribution >= 4 is 29.0 Å². The van der Waals surface area contributed by atoms with Crippen LogP contribution in [-0.4, -0.2) is 30.8 Å². The summed E-state index contributed by atoms with van der Waals surface area (Å²) >= 11 is 5.79. The number of hydrogen-bond acceptors (Lipinski definition) is 5. The van der Waals surface area contributed by atoms with E-state index in [1.54, 1.807) is 13.2 Å². The first-order valence-electron chi connectivity index (χ1n) is 9.08. The van der Waals surface area contributed by atoms with E-state index >= 15 is 0 Å². The summed E-state index contributed by atoms with van der Waals surface area (Å²) in [6.45, 7) is 0. The molecule has 0 radical (unpaired) electrons. The number of nitrogen functional groups attached to an aromatic ring is 1. The number of aliphatic hydroxyl groups is 1. The summed E-state index contributed by atoms with van der Waals surface area (Å²) in [5, 5.41) is 18.0. The van der Waals surface area contributed by atoms with Crippen molar-refractivity contribution in [2.24, 2.45) is 7.05 Å². The number of aromatic amines is 1. The number of anilines is 2. The zero-order valence-corrected chi connectivity index (χ0v) is 16.4. The van der Waals surface area contributed by atoms with Crippen LogP contribution in [-0.2, 0) is 12.6 Å². The molecule has 1 aliphatic rings. The van der Waals surface area contributed by atoms with Crippen molar-refractivity contribution in [3.63, 3.8) is 0 Å². The second-order valence-electron chi connectivity index (χ2n) is 7.29. The highest BCUT2D eigenvalue weighted by Gasteiger charge is 2.43. The zero-order valence-electron chi connectivity index (χ0n) is 15.6. The van der Waals surface area contributed by atoms with Crippen LogP contribution in [0.15, 0.2) is 30.7 Å². The number of benzene rings is 1. The summed E-state index contributed by atoms with van der Waals surface area (Å²) in [5.41, 5.74) is 6.79. The predicted molar refractivity (Wildman–Crippen MR) is 106 cm³/mol. The number of hydrogen-bond donors (Lipinski definition) is 4. The smallest absolute Gasteiger partial charge is 0.261 e. The third-order valence-corrected chi connectivity index (χ3v) is 5.69. The number of nitrogens with two attached hydrogens (primary N) is 1. The van der Waals surface area contributed by atoms with Crippen LogP contribution >= 0.6 is 11.6 Å². The van der Waals surface area contributed by atoms with Gasteiger partial charge in [-0.2, -0.15) is 5.10 Å². The van der Waals surface area contributed by atoms with E-state index in [9.17, 15) is 14.3 Å². The van der Waals surface area contributed by atoms with Crippen LogP contribution in [0.25, 0.3) is 0 Å². The normalized spacial score (nSPS) is 21.4. The average Bonchev–Trinajstić information content (AvgIpc) is 3.39. The first-order chi connectivity index (χ1) is 13.8. The van der Waals surface area contributed by atoms with Gasteiger partial charge in [-0.25, -0.2) is 9.37 Å². The highest BCUT2D eigenvalue weighted by molar-refractivity contribution is 6.31. The lowest BCUT2D eigenvalue weighted by Gasteiger charge is -2.20. The second kappa shape index (κ2) is 7.16. The Hall–Kier alpha value is -2.91. The molecule has 0 bridgehead atoms. The van der Waals surface area contributed by atoms with Crippen molar-refractivity contribution in [1.29, 1.82) is 0 Å². The molecule has 0 saturated heterocycles. The Morgan fingerprint density at radius 3 is 3.00 bits per heavy atom. The lowest BCUT2D eigenvalue weighted by Crippen LogP contribution is -2.22. The number of aromatic nitrogens is 4. The molecule has 152 valence electrons. The largest absolute Gasteiger partial charge is 0.384 e. The maximum atomic E-state index is 13.4. The molecular weight excluding hydrogens is 399 g/mol. The molecule has 4 rings (SSSR count). The Balaban J connectivity index is 1.62. The number of nitrogens with one attached hydrogen (secondary N) is 2. The van der Waals surface area contributed by atoms with Gasteiger partial charge in [0.2, 0.25) is 0 Å². The number of amides is 1. The molecule has 2 atom stereocenters. The highest BCUT2D eigenvalue weighted by Crippen LogP contribution is 2.47. The lowest BCUT2D eigenvalue weighted by atomic mass is 9.94. The SMILES string of the molecule is Cn1nc(C2CCC(O)(c3cnc[nH]3)C2)c(C(=O)Nc2ccc(F)c(Cl)c2)c1N. The Labute approximate surface area is 170 Å². The lowest BCUT2D eigenvalue weighted by molar-refractivity contribution is 0.0386. The molecule has 1 saturated carbocycles. The summed E-state index contributed by atoms with van der Waals surface area (Å²) in [6.07, 6.45) is 4.64. The van der Waals surface area contributed by atoms with Crippen molar-refractivity contribution in [3.8, 4) is 0 Å². The molecule has 1 fully saturated rings. The van der Waals surface area contributed by atoms with Crippen LogP contribution in [0.5, 0.6) is 0 Å². The van der Waals surface area contributed by atoms with Gasteiger partial charge in [0.1, 0.15) is 22.8 Å². The first kappa shape index (κ1) is 19.4. The monoisotopic (exact) mass is 418 g/mol. The second-order valence-corrected chi connectivity index (χ2v) is 7.70. The van der Waals surface area contributed by atoms with Crippen molar-refractivity contribution < 1.29 is 14.3 Å². The van der Waals surface area contributed by atoms with Gasteiger partial charge in [-0.1, -0.05) is 11.6 Å². The Kier molecular flexibility index (Phi) is 4.79. The fourth-order valence-corrected chi connectivity index (χ4v) is 4.04. The van der Waals surface area contributed by atoms with Crippen LogP contribution in [0.1, 0.15) is 46.9 Å². The van der Waals surface area contributed by atoms with Gasteiger partial charge in [-0.05, 0) is 37.5 Å². The number of H-pyrrole nitrogens is 1. The minimum atomic E-state index is -1.06. The van der Waals surface area contributed by atoms with E-state index in [-0.39, 0.29) is 22.3 Å². The third-order valence-electron chi connectivity index (χ3n) is 5.40. The van der Waals surface area contributed by atoms with Gasteiger partial charge in [0.15, 0.2) is 0 Å². The van der Waals surface area contributed by atoms with Crippen LogP contribution in [0, 0.1) is 5.82 Å². The topological polar surface area (TPSA) is 122 Å². The minimum Gasteiger partial charge on any atom is -0.384 e. The number of aryl methyl sites for hydroxylation is 1. The third kappa shape index (κ3) is 3.47. The van der Waals surface area contributed by atoms with E-state index in [1.807, 2.05) is 0 Å². The Bertz CT molecular complexity index is 1070. The van der Waals surface area contributed by atoms with E-state index in [1.165, 1.54) is 29.2 Å². The first-order valence-corrected chi connectivity index (χ1v) is 9.46. The number of carbonyl (C=O) groups is 1. The van der Waals surface area contributed by atoms with E-state index in [4.69, 9.17) is 17.3 Å². The van der Waals surface area contributed by atoms with Gasteiger partial charge in [-0.15, -0.1) is 0 Å². The molecular formula is C19H20ClFN6O2. The standard InChI is InChI=1S/C19H20ClFN6O2/c1-27-17(22)15(18(28)25-11-2-3-13(21)12(20)6-11)16(26-27)10-4-5-19(29,7-10)14-8-23-9-24-14/h2-3,6,8-10,29H,4-5,7,22H2,1H3,(H,23,24)(H,25,28). The number of halogens is 2. The van der Waals surface area contributed by atoms with Gasteiger partial charge in [0, 0.05) is 18.7 Å². The van der Waals surface area contributed by atoms with E-state index in [2.05, 4.69) is 20.4 Å². The van der Waals surface area contributed by atoms with E-state index in [0.29, 0.717) is 36.3 Å². The fraction of sp³-hybridized carbons (Fsp3) is 0.316. The molecule has 0 aliphatic heterocycles. The summed E-state index contributed by atoms with van der Waals surface area (Å²) in [5.74, 6) is -0.993. The number of carbonyl (C=O) groups excluding carboxylic acids is 1. The van der Waals surface area contributed by atoms with Crippen LogP contribution in [0.3, 0.4) is 0 Å². The summed E-state index contributed by atoms with van der Waals surface area (Å²) in [7, 11) is 1.65. The molecule has 2 heterocycles. The highest BCUT2D eigenvalue weighted by atomic mass is 35.5. The molecule has 8 nitrogen and oxygen atoms in total. The van der Waals surface area contributed by atoms with Gasteiger partial charge in [-0.3, -0.25) is 9.48 Å². The van der Waals surface area contributed by atoms with Crippen molar-refractivity contribution in [2.75, 3.05) is 11.1 Å². The van der Waals surface area contributed by atoms with E-state index in [0.717, 1.165) is 0 Å². The molecule has 3 aromatic rings. The summed E-state index contributed by atoms with van der Waals surface area (Å²) in [6, 6.07) is 3.92. The molecule has 5 N–H and O–H groups in total. The molecule has 2 aromatic heterocycles. The molecule has 10 heteroatoms. The molecule has 2 unspecified atom stereocenters. The van der Waals surface area contributed by atoms with E-state index < -0.39 is 17.3 Å². The van der Waals surface area contributed by atoms with Crippen molar-refractivity contribution in [1.82, 2.24) is 19.7 Å². The Morgan fingerprint density at radius 2 is 2.31 bits per heavy atom. The summed E-state index contributed by atoms with van der Waals surface area (Å²) < 4.78 is 14.8. The maximum Gasteiger partial charge on any atom is 0.261 e. The van der Waals surface area contributed by atoms with Crippen molar-refractivity contribution in [3.05, 3.63) is 58.5 Å². The molecule has 1 aliphatic carbocycles. The maximum absolute atomic E-state index is 13.4. The number of imidazole rings is 1. The molecule has 1 amide bonds. The van der Waals surface area contributed by atoms with Crippen LogP contribution < -0.4 is 11.1 Å².